The normalized spacial score (nSPS) is 20.4. The molecule has 2 aromatic rings. The lowest BCUT2D eigenvalue weighted by Crippen LogP contribution is -2.51. The lowest BCUT2D eigenvalue weighted by molar-refractivity contribution is -0.138. The van der Waals surface area contributed by atoms with Gasteiger partial charge >= 0.3 is 0 Å². The van der Waals surface area contributed by atoms with E-state index in [0.717, 1.165) is 31.2 Å². The van der Waals surface area contributed by atoms with Gasteiger partial charge in [0.25, 0.3) is 0 Å². The topological polar surface area (TPSA) is 49.4 Å². The molecule has 28 heavy (non-hydrogen) atoms. The first-order valence-electron chi connectivity index (χ1n) is 10.3. The van der Waals surface area contributed by atoms with E-state index in [2.05, 4.69) is 29.6 Å². The van der Waals surface area contributed by atoms with Gasteiger partial charge in [0, 0.05) is 18.5 Å². The number of benzene rings is 2. The molecule has 0 radical (unpaired) electrons. The average Bonchev–Trinajstić information content (AvgIpc) is 3.19. The number of carbonyl (C=O) groups is 2. The highest BCUT2D eigenvalue weighted by atomic mass is 16.2. The van der Waals surface area contributed by atoms with Crippen molar-refractivity contribution < 1.29 is 9.59 Å². The predicted molar refractivity (Wildman–Crippen MR) is 110 cm³/mol. The van der Waals surface area contributed by atoms with Crippen LogP contribution in [-0.4, -0.2) is 35.8 Å². The molecule has 0 aromatic heterocycles. The van der Waals surface area contributed by atoms with E-state index in [4.69, 9.17) is 0 Å². The van der Waals surface area contributed by atoms with Crippen molar-refractivity contribution in [2.75, 3.05) is 13.1 Å². The molecule has 4 heteroatoms. The fourth-order valence-corrected chi connectivity index (χ4v) is 4.55. The number of hydrogen-bond acceptors (Lipinski definition) is 2. The van der Waals surface area contributed by atoms with Gasteiger partial charge in [0.1, 0.15) is 6.04 Å². The molecule has 1 saturated heterocycles. The highest BCUT2D eigenvalue weighted by Crippen LogP contribution is 2.43. The Bertz CT molecular complexity index is 815. The number of carbonyl (C=O) groups excluding carboxylic acids is 2. The molecule has 2 amide bonds. The number of likely N-dealkylation sites (tertiary alicyclic amines) is 1. The second kappa shape index (κ2) is 8.17. The number of hydrogen-bond donors (Lipinski definition) is 1. The quantitative estimate of drug-likeness (QED) is 0.839. The Hall–Kier alpha value is -2.62. The standard InChI is InChI=1S/C24H28N2O2/c27-22(17-19-9-3-1-4-10-19)26-16-7-13-21(26)23(28)25-18-24(14-8-15-24)20-11-5-2-6-12-20/h1-6,9-12,21H,7-8,13-18H2,(H,25,28). The fourth-order valence-electron chi connectivity index (χ4n) is 4.55. The van der Waals surface area contributed by atoms with Gasteiger partial charge < -0.3 is 10.2 Å². The first-order chi connectivity index (χ1) is 13.7. The Kier molecular flexibility index (Phi) is 5.47. The van der Waals surface area contributed by atoms with Crippen molar-refractivity contribution in [2.45, 2.75) is 50.0 Å². The van der Waals surface area contributed by atoms with E-state index in [1.165, 1.54) is 12.0 Å². The Morgan fingerprint density at radius 1 is 0.964 bits per heavy atom. The minimum absolute atomic E-state index is 0.00104. The van der Waals surface area contributed by atoms with Gasteiger partial charge in [-0.2, -0.15) is 0 Å². The minimum Gasteiger partial charge on any atom is -0.353 e. The molecule has 0 spiro atoms. The summed E-state index contributed by atoms with van der Waals surface area (Å²) in [7, 11) is 0. The van der Waals surface area contributed by atoms with Crippen LogP contribution in [0.1, 0.15) is 43.2 Å². The number of nitrogens with zero attached hydrogens (tertiary/aromatic N) is 1. The van der Waals surface area contributed by atoms with E-state index in [1.807, 2.05) is 36.4 Å². The second-order valence-corrected chi connectivity index (χ2v) is 8.13. The zero-order valence-electron chi connectivity index (χ0n) is 16.3. The molecule has 2 aromatic carbocycles. The minimum atomic E-state index is -0.330. The van der Waals surface area contributed by atoms with Crippen LogP contribution in [0.4, 0.5) is 0 Å². The van der Waals surface area contributed by atoms with E-state index in [9.17, 15) is 9.59 Å². The van der Waals surface area contributed by atoms with Gasteiger partial charge in [0.2, 0.25) is 11.8 Å². The smallest absolute Gasteiger partial charge is 0.242 e. The molecular weight excluding hydrogens is 348 g/mol. The lowest BCUT2D eigenvalue weighted by Gasteiger charge is -2.43. The van der Waals surface area contributed by atoms with Crippen LogP contribution in [-0.2, 0) is 21.4 Å². The van der Waals surface area contributed by atoms with Gasteiger partial charge in [0.05, 0.1) is 6.42 Å². The maximum atomic E-state index is 12.9. The molecular formula is C24H28N2O2. The predicted octanol–water partition coefficient (Wildman–Crippen LogP) is 3.46. The van der Waals surface area contributed by atoms with Crippen molar-refractivity contribution in [3.8, 4) is 0 Å². The number of rotatable bonds is 6. The van der Waals surface area contributed by atoms with Gasteiger partial charge in [-0.1, -0.05) is 67.1 Å². The van der Waals surface area contributed by atoms with Crippen LogP contribution in [0.15, 0.2) is 60.7 Å². The Labute approximate surface area is 166 Å². The summed E-state index contributed by atoms with van der Waals surface area (Å²) >= 11 is 0. The van der Waals surface area contributed by atoms with E-state index in [1.54, 1.807) is 4.90 Å². The van der Waals surface area contributed by atoms with Crippen LogP contribution in [0.3, 0.4) is 0 Å². The largest absolute Gasteiger partial charge is 0.353 e. The zero-order valence-corrected chi connectivity index (χ0v) is 16.3. The van der Waals surface area contributed by atoms with Crippen molar-refractivity contribution in [1.82, 2.24) is 10.2 Å². The Balaban J connectivity index is 1.38. The third kappa shape index (κ3) is 3.82. The van der Waals surface area contributed by atoms with Crippen LogP contribution in [0.5, 0.6) is 0 Å². The van der Waals surface area contributed by atoms with Crippen molar-refractivity contribution in [3.63, 3.8) is 0 Å². The summed E-state index contributed by atoms with van der Waals surface area (Å²) in [4.78, 5) is 27.5. The summed E-state index contributed by atoms with van der Waals surface area (Å²) in [6.07, 6.45) is 5.43. The highest BCUT2D eigenvalue weighted by molar-refractivity contribution is 5.89. The summed E-state index contributed by atoms with van der Waals surface area (Å²) in [6.45, 7) is 1.33. The van der Waals surface area contributed by atoms with Crippen molar-refractivity contribution in [3.05, 3.63) is 71.8 Å². The van der Waals surface area contributed by atoms with E-state index in [-0.39, 0.29) is 23.3 Å². The summed E-state index contributed by atoms with van der Waals surface area (Å²) in [5, 5.41) is 3.18. The van der Waals surface area contributed by atoms with Crippen molar-refractivity contribution >= 4 is 11.8 Å². The molecule has 4 nitrogen and oxygen atoms in total. The van der Waals surface area contributed by atoms with Crippen LogP contribution in [0, 0.1) is 0 Å². The van der Waals surface area contributed by atoms with E-state index in [0.29, 0.717) is 19.5 Å². The number of nitrogens with one attached hydrogen (secondary N) is 1. The molecule has 2 aliphatic rings. The third-order valence-corrected chi connectivity index (χ3v) is 6.37. The molecule has 4 rings (SSSR count). The monoisotopic (exact) mass is 376 g/mol. The second-order valence-electron chi connectivity index (χ2n) is 8.13. The summed E-state index contributed by atoms with van der Waals surface area (Å²) in [5.41, 5.74) is 2.37. The Morgan fingerprint density at radius 3 is 2.29 bits per heavy atom. The molecule has 146 valence electrons. The molecule has 1 atom stereocenters. The Morgan fingerprint density at radius 2 is 1.64 bits per heavy atom. The average molecular weight is 377 g/mol. The number of amides is 2. The van der Waals surface area contributed by atoms with Gasteiger partial charge in [-0.15, -0.1) is 0 Å². The first kappa shape index (κ1) is 18.7. The summed E-state index contributed by atoms with van der Waals surface area (Å²) in [6, 6.07) is 19.9. The van der Waals surface area contributed by atoms with Gasteiger partial charge in [-0.05, 0) is 36.8 Å². The van der Waals surface area contributed by atoms with E-state index >= 15 is 0 Å². The molecule has 0 bridgehead atoms. The fraction of sp³-hybridized carbons (Fsp3) is 0.417. The SMILES string of the molecule is O=C(NCC1(c2ccccc2)CCC1)C1CCCN1C(=O)Cc1ccccc1. The lowest BCUT2D eigenvalue weighted by atomic mass is 9.64. The van der Waals surface area contributed by atoms with Crippen molar-refractivity contribution in [1.29, 1.82) is 0 Å². The summed E-state index contributed by atoms with van der Waals surface area (Å²) in [5.74, 6) is 0.0476. The summed E-state index contributed by atoms with van der Waals surface area (Å²) < 4.78 is 0. The van der Waals surface area contributed by atoms with Crippen LogP contribution >= 0.6 is 0 Å². The van der Waals surface area contributed by atoms with Crippen molar-refractivity contribution in [2.24, 2.45) is 0 Å². The molecule has 1 N–H and O–H groups in total. The van der Waals surface area contributed by atoms with E-state index < -0.39 is 0 Å². The first-order valence-corrected chi connectivity index (χ1v) is 10.3. The maximum Gasteiger partial charge on any atom is 0.242 e. The maximum absolute atomic E-state index is 12.9. The zero-order chi connectivity index (χ0) is 19.4. The van der Waals surface area contributed by atoms with Gasteiger partial charge in [-0.25, -0.2) is 0 Å². The van der Waals surface area contributed by atoms with Gasteiger partial charge in [-0.3, -0.25) is 9.59 Å². The van der Waals surface area contributed by atoms with Gasteiger partial charge in [0.15, 0.2) is 0 Å². The van der Waals surface area contributed by atoms with Crippen LogP contribution in [0.2, 0.25) is 0 Å². The molecule has 1 heterocycles. The molecule has 1 saturated carbocycles. The molecule has 1 unspecified atom stereocenters. The highest BCUT2D eigenvalue weighted by Gasteiger charge is 2.40. The molecule has 1 aliphatic heterocycles. The van der Waals surface area contributed by atoms with Crippen LogP contribution < -0.4 is 5.32 Å². The molecule has 2 fully saturated rings. The molecule has 1 aliphatic carbocycles. The third-order valence-electron chi connectivity index (χ3n) is 6.37. The van der Waals surface area contributed by atoms with Crippen LogP contribution in [0.25, 0.3) is 0 Å².